The highest BCUT2D eigenvalue weighted by molar-refractivity contribution is 5.92. The van der Waals surface area contributed by atoms with E-state index in [1.165, 1.54) is 32.1 Å². The van der Waals surface area contributed by atoms with Crippen molar-refractivity contribution in [3.05, 3.63) is 36.9 Å². The van der Waals surface area contributed by atoms with Crippen molar-refractivity contribution in [1.29, 1.82) is 0 Å². The monoisotopic (exact) mass is 420 g/mol. The van der Waals surface area contributed by atoms with Gasteiger partial charge in [0.1, 0.15) is 18.4 Å². The van der Waals surface area contributed by atoms with Crippen LogP contribution in [0.2, 0.25) is 0 Å². The van der Waals surface area contributed by atoms with Gasteiger partial charge < -0.3 is 15.0 Å². The molecule has 2 aromatic heterocycles. The van der Waals surface area contributed by atoms with Gasteiger partial charge in [0.15, 0.2) is 0 Å². The third kappa shape index (κ3) is 4.16. The van der Waals surface area contributed by atoms with E-state index in [-0.39, 0.29) is 6.23 Å². The number of hydrogen-bond donors (Lipinski definition) is 1. The maximum absolute atomic E-state index is 5.89. The summed E-state index contributed by atoms with van der Waals surface area (Å²) in [4.78, 5) is 11.6. The molecule has 1 aliphatic heterocycles. The highest BCUT2D eigenvalue weighted by Gasteiger charge is 2.25. The topological polar surface area (TPSA) is 68.1 Å². The van der Waals surface area contributed by atoms with Crippen LogP contribution in [0.15, 0.2) is 36.9 Å². The molecule has 1 aromatic carbocycles. The molecule has 7 nitrogen and oxygen atoms in total. The molecule has 3 heterocycles. The molecule has 1 atom stereocenters. The highest BCUT2D eigenvalue weighted by atomic mass is 16.5. The molecular formula is C24H32N6O. The van der Waals surface area contributed by atoms with Crippen molar-refractivity contribution >= 4 is 16.7 Å². The van der Waals surface area contributed by atoms with Gasteiger partial charge in [-0.1, -0.05) is 6.07 Å². The lowest BCUT2D eigenvalue weighted by molar-refractivity contribution is -0.0394. The minimum atomic E-state index is 0.0562. The number of benzene rings is 1. The maximum atomic E-state index is 5.89. The molecule has 3 aromatic rings. The van der Waals surface area contributed by atoms with Crippen molar-refractivity contribution < 1.29 is 4.74 Å². The van der Waals surface area contributed by atoms with Crippen molar-refractivity contribution in [2.75, 3.05) is 25.6 Å². The summed E-state index contributed by atoms with van der Waals surface area (Å²) in [6.45, 7) is 0.819. The van der Waals surface area contributed by atoms with Gasteiger partial charge in [-0.15, -0.1) is 0 Å². The molecule has 2 fully saturated rings. The predicted molar refractivity (Wildman–Crippen MR) is 123 cm³/mol. The molecule has 164 valence electrons. The normalized spacial score (nSPS) is 24.4. The zero-order chi connectivity index (χ0) is 21.2. The first-order valence-electron chi connectivity index (χ1n) is 11.5. The average Bonchev–Trinajstić information content (AvgIpc) is 3.34. The predicted octanol–water partition coefficient (Wildman–Crippen LogP) is 4.16. The Labute approximate surface area is 183 Å². The second kappa shape index (κ2) is 8.93. The molecule has 0 amide bonds. The van der Waals surface area contributed by atoms with Gasteiger partial charge in [-0.05, 0) is 69.7 Å². The molecule has 1 saturated carbocycles. The summed E-state index contributed by atoms with van der Waals surface area (Å²) >= 11 is 0. The standard InChI is InChI=1S/C24H32N6O/c1-25-19-7-9-20(10-8-19)29(2)24-21-13-17(6-11-22(21)26-16-27-24)18-14-28-30(15-18)23-5-3-4-12-31-23/h6,11,13-16,19-20,23,25H,3-5,7-10,12H2,1-2H3/t19?,20?,23-/m0/s1. The zero-order valence-electron chi connectivity index (χ0n) is 18.5. The van der Waals surface area contributed by atoms with Gasteiger partial charge in [0.2, 0.25) is 0 Å². The van der Waals surface area contributed by atoms with Gasteiger partial charge in [-0.25, -0.2) is 14.6 Å². The molecule has 7 heteroatoms. The Morgan fingerprint density at radius 3 is 2.71 bits per heavy atom. The number of hydrogen-bond acceptors (Lipinski definition) is 6. The summed E-state index contributed by atoms with van der Waals surface area (Å²) in [5.74, 6) is 1.02. The molecule has 5 rings (SSSR count). The Morgan fingerprint density at radius 2 is 1.94 bits per heavy atom. The molecule has 2 aliphatic rings. The molecule has 31 heavy (non-hydrogen) atoms. The lowest BCUT2D eigenvalue weighted by Gasteiger charge is -2.35. The third-order valence-corrected chi connectivity index (χ3v) is 6.99. The van der Waals surface area contributed by atoms with Crippen LogP contribution < -0.4 is 10.2 Å². The van der Waals surface area contributed by atoms with E-state index in [2.05, 4.69) is 58.8 Å². The molecule has 0 spiro atoms. The van der Waals surface area contributed by atoms with Gasteiger partial charge in [0.25, 0.3) is 0 Å². The lowest BCUT2D eigenvalue weighted by Crippen LogP contribution is -2.40. The fourth-order valence-electron chi connectivity index (χ4n) is 5.01. The van der Waals surface area contributed by atoms with Crippen LogP contribution in [0.5, 0.6) is 0 Å². The average molecular weight is 421 g/mol. The lowest BCUT2D eigenvalue weighted by atomic mass is 9.90. The molecule has 0 bridgehead atoms. The Hall–Kier alpha value is -2.51. The fourth-order valence-corrected chi connectivity index (χ4v) is 5.01. The number of fused-ring (bicyclic) bond motifs is 1. The quantitative estimate of drug-likeness (QED) is 0.669. The Morgan fingerprint density at radius 1 is 1.06 bits per heavy atom. The first-order valence-corrected chi connectivity index (χ1v) is 11.5. The largest absolute Gasteiger partial charge is 0.357 e. The second-order valence-corrected chi connectivity index (χ2v) is 8.86. The Kier molecular flexibility index (Phi) is 5.87. The highest BCUT2D eigenvalue weighted by Crippen LogP contribution is 2.32. The summed E-state index contributed by atoms with van der Waals surface area (Å²) in [5, 5.41) is 9.11. The van der Waals surface area contributed by atoms with Crippen LogP contribution in [0.3, 0.4) is 0 Å². The minimum Gasteiger partial charge on any atom is -0.357 e. The first kappa shape index (κ1) is 20.4. The van der Waals surface area contributed by atoms with E-state index in [0.717, 1.165) is 47.3 Å². The van der Waals surface area contributed by atoms with E-state index in [0.29, 0.717) is 12.1 Å². The van der Waals surface area contributed by atoms with Crippen molar-refractivity contribution in [2.45, 2.75) is 63.3 Å². The third-order valence-electron chi connectivity index (χ3n) is 6.99. The molecule has 1 saturated heterocycles. The Bertz CT molecular complexity index is 1020. The van der Waals surface area contributed by atoms with E-state index < -0.39 is 0 Å². The van der Waals surface area contributed by atoms with E-state index in [9.17, 15) is 0 Å². The summed E-state index contributed by atoms with van der Waals surface area (Å²) in [6, 6.07) is 7.58. The number of aromatic nitrogens is 4. The second-order valence-electron chi connectivity index (χ2n) is 8.86. The summed E-state index contributed by atoms with van der Waals surface area (Å²) in [5.41, 5.74) is 3.22. The molecular weight excluding hydrogens is 388 g/mol. The SMILES string of the molecule is CNC1CCC(N(C)c2ncnc3ccc(-c4cnn([C@@H]5CCCCO5)c4)cc23)CC1. The van der Waals surface area contributed by atoms with Crippen molar-refractivity contribution in [3.8, 4) is 11.1 Å². The molecule has 0 unspecified atom stereocenters. The number of ether oxygens (including phenoxy) is 1. The van der Waals surface area contributed by atoms with Crippen LogP contribution in [0.25, 0.3) is 22.0 Å². The number of nitrogens with one attached hydrogen (secondary N) is 1. The van der Waals surface area contributed by atoms with Crippen LogP contribution in [0.4, 0.5) is 5.82 Å². The summed E-state index contributed by atoms with van der Waals surface area (Å²) in [7, 11) is 4.24. The summed E-state index contributed by atoms with van der Waals surface area (Å²) < 4.78 is 7.85. The van der Waals surface area contributed by atoms with Gasteiger partial charge >= 0.3 is 0 Å². The minimum absolute atomic E-state index is 0.0562. The van der Waals surface area contributed by atoms with Crippen molar-refractivity contribution in [1.82, 2.24) is 25.1 Å². The van der Waals surface area contributed by atoms with E-state index in [4.69, 9.17) is 9.72 Å². The van der Waals surface area contributed by atoms with E-state index in [1.54, 1.807) is 6.33 Å². The van der Waals surface area contributed by atoms with Crippen molar-refractivity contribution in [3.63, 3.8) is 0 Å². The summed E-state index contributed by atoms with van der Waals surface area (Å²) in [6.07, 6.45) is 13.9. The fraction of sp³-hybridized carbons (Fsp3) is 0.542. The molecule has 1 aliphatic carbocycles. The smallest absolute Gasteiger partial charge is 0.150 e. The van der Waals surface area contributed by atoms with Crippen LogP contribution in [0.1, 0.15) is 51.2 Å². The van der Waals surface area contributed by atoms with Crippen LogP contribution >= 0.6 is 0 Å². The number of nitrogens with zero attached hydrogens (tertiary/aromatic N) is 5. The van der Waals surface area contributed by atoms with Gasteiger partial charge in [-0.3, -0.25) is 0 Å². The van der Waals surface area contributed by atoms with E-state index in [1.807, 2.05) is 10.9 Å². The van der Waals surface area contributed by atoms with Crippen molar-refractivity contribution in [2.24, 2.45) is 0 Å². The van der Waals surface area contributed by atoms with Gasteiger partial charge in [0, 0.05) is 42.9 Å². The number of anilines is 1. The van der Waals surface area contributed by atoms with Gasteiger partial charge in [0.05, 0.1) is 11.7 Å². The first-order chi connectivity index (χ1) is 15.2. The maximum Gasteiger partial charge on any atom is 0.150 e. The van der Waals surface area contributed by atoms with Crippen LogP contribution in [-0.4, -0.2) is 52.5 Å². The molecule has 0 radical (unpaired) electrons. The number of rotatable bonds is 5. The molecule has 1 N–H and O–H groups in total. The van der Waals surface area contributed by atoms with Crippen LogP contribution in [0, 0.1) is 0 Å². The zero-order valence-corrected chi connectivity index (χ0v) is 18.5. The Balaban J connectivity index is 1.42. The van der Waals surface area contributed by atoms with Crippen LogP contribution in [-0.2, 0) is 4.74 Å². The van der Waals surface area contributed by atoms with E-state index >= 15 is 0 Å². The van der Waals surface area contributed by atoms with Gasteiger partial charge in [-0.2, -0.15) is 5.10 Å².